The first kappa shape index (κ1) is 23.8. The van der Waals surface area contributed by atoms with Gasteiger partial charge in [-0.2, -0.15) is 0 Å². The van der Waals surface area contributed by atoms with Crippen LogP contribution in [0.15, 0.2) is 75.9 Å². The van der Waals surface area contributed by atoms with Gasteiger partial charge in [-0.15, -0.1) is 0 Å². The van der Waals surface area contributed by atoms with Crippen molar-refractivity contribution >= 4 is 28.8 Å². The number of nitrogens with zero attached hydrogens (tertiary/aromatic N) is 1. The summed E-state index contributed by atoms with van der Waals surface area (Å²) < 4.78 is 22.2. The maximum atomic E-state index is 13.4. The monoisotopic (exact) mass is 499 g/mol. The molecule has 1 aliphatic rings. The minimum absolute atomic E-state index is 0.0208. The van der Waals surface area contributed by atoms with E-state index < -0.39 is 29.3 Å². The van der Waals surface area contributed by atoms with E-state index in [0.717, 1.165) is 4.90 Å². The molecule has 0 fully saturated rings. The number of hydrogen-bond acceptors (Lipinski definition) is 8. The van der Waals surface area contributed by atoms with Gasteiger partial charge in [-0.3, -0.25) is 19.3 Å². The third-order valence-electron chi connectivity index (χ3n) is 6.16. The Kier molecular flexibility index (Phi) is 5.96. The van der Waals surface area contributed by atoms with Crippen LogP contribution in [0, 0.1) is 0 Å². The topological polar surface area (TPSA) is 112 Å². The minimum Gasteiger partial charge on any atom is -0.493 e. The minimum atomic E-state index is -1.31. The maximum Gasteiger partial charge on any atom is 0.334 e. The standard InChI is InChI=1S/C28H21NO8/c1-15(29-26(31)17-8-4-5-9-18(17)27(29)32)28(33)37-25-23(30)19-10-6-7-11-20(19)36-24(25)16-12-13-21(34-2)22(14-16)35-3/h4-15H,1-3H3/t15-/m1/s1. The molecule has 0 saturated carbocycles. The van der Waals surface area contributed by atoms with Crippen molar-refractivity contribution in [1.82, 2.24) is 4.90 Å². The molecule has 1 atom stereocenters. The van der Waals surface area contributed by atoms with Gasteiger partial charge in [0.15, 0.2) is 17.3 Å². The van der Waals surface area contributed by atoms with Crippen molar-refractivity contribution < 1.29 is 33.0 Å². The molecule has 2 heterocycles. The third-order valence-corrected chi connectivity index (χ3v) is 6.16. The van der Waals surface area contributed by atoms with Crippen molar-refractivity contribution in [2.24, 2.45) is 0 Å². The van der Waals surface area contributed by atoms with Crippen LogP contribution in [0.4, 0.5) is 0 Å². The Balaban J connectivity index is 1.57. The van der Waals surface area contributed by atoms with Gasteiger partial charge in [0.2, 0.25) is 11.2 Å². The van der Waals surface area contributed by atoms with Crippen molar-refractivity contribution in [2.45, 2.75) is 13.0 Å². The van der Waals surface area contributed by atoms with Gasteiger partial charge < -0.3 is 18.6 Å². The smallest absolute Gasteiger partial charge is 0.334 e. The van der Waals surface area contributed by atoms with Gasteiger partial charge in [-0.1, -0.05) is 24.3 Å². The highest BCUT2D eigenvalue weighted by atomic mass is 16.5. The Morgan fingerprint density at radius 1 is 0.838 bits per heavy atom. The van der Waals surface area contributed by atoms with Crippen LogP contribution in [-0.2, 0) is 4.79 Å². The summed E-state index contributed by atoms with van der Waals surface area (Å²) in [5, 5.41) is 0.197. The Bertz CT molecular complexity index is 1600. The third kappa shape index (κ3) is 3.90. The fourth-order valence-electron chi connectivity index (χ4n) is 4.24. The number of methoxy groups -OCH3 is 2. The van der Waals surface area contributed by atoms with E-state index in [9.17, 15) is 19.2 Å². The van der Waals surface area contributed by atoms with E-state index >= 15 is 0 Å². The van der Waals surface area contributed by atoms with Crippen molar-refractivity contribution in [1.29, 1.82) is 0 Å². The first-order valence-corrected chi connectivity index (χ1v) is 11.3. The second kappa shape index (κ2) is 9.27. The molecular weight excluding hydrogens is 478 g/mol. The average Bonchev–Trinajstić information content (AvgIpc) is 3.18. The molecule has 2 amide bonds. The van der Waals surface area contributed by atoms with Crippen molar-refractivity contribution in [3.8, 4) is 28.6 Å². The molecule has 0 spiro atoms. The van der Waals surface area contributed by atoms with Crippen LogP contribution in [0.1, 0.15) is 27.6 Å². The SMILES string of the molecule is COc1ccc(-c2oc3ccccc3c(=O)c2OC(=O)[C@@H](C)N2C(=O)c3ccccc3C2=O)cc1OC. The number of benzene rings is 3. The summed E-state index contributed by atoms with van der Waals surface area (Å²) in [4.78, 5) is 53.2. The number of amides is 2. The van der Waals surface area contributed by atoms with E-state index in [2.05, 4.69) is 0 Å². The molecule has 0 radical (unpaired) electrons. The van der Waals surface area contributed by atoms with Gasteiger partial charge in [0, 0.05) is 5.56 Å². The van der Waals surface area contributed by atoms with E-state index in [1.54, 1.807) is 54.6 Å². The summed E-state index contributed by atoms with van der Waals surface area (Å²) in [5.74, 6) is -1.78. The van der Waals surface area contributed by atoms with Crippen molar-refractivity contribution in [3.05, 3.63) is 88.1 Å². The zero-order valence-electron chi connectivity index (χ0n) is 20.1. The fraction of sp³-hybridized carbons (Fsp3) is 0.143. The Hall–Kier alpha value is -4.92. The second-order valence-corrected chi connectivity index (χ2v) is 8.28. The Morgan fingerprint density at radius 2 is 1.46 bits per heavy atom. The van der Waals surface area contributed by atoms with Crippen LogP contribution >= 0.6 is 0 Å². The number of imide groups is 1. The number of para-hydroxylation sites is 1. The van der Waals surface area contributed by atoms with E-state index in [1.807, 2.05) is 0 Å². The lowest BCUT2D eigenvalue weighted by Gasteiger charge is -2.21. The molecule has 0 saturated heterocycles. The molecule has 3 aromatic carbocycles. The number of carbonyl (C=O) groups is 3. The lowest BCUT2D eigenvalue weighted by Crippen LogP contribution is -2.45. The zero-order chi connectivity index (χ0) is 26.3. The van der Waals surface area contributed by atoms with Crippen LogP contribution < -0.4 is 19.6 Å². The summed E-state index contributed by atoms with van der Waals surface area (Å²) in [6.45, 7) is 1.36. The molecule has 186 valence electrons. The number of fused-ring (bicyclic) bond motifs is 2. The van der Waals surface area contributed by atoms with Crippen LogP contribution in [0.25, 0.3) is 22.3 Å². The Labute approximate surface area is 210 Å². The highest BCUT2D eigenvalue weighted by Gasteiger charge is 2.41. The molecular formula is C28H21NO8. The summed E-state index contributed by atoms with van der Waals surface area (Å²) >= 11 is 0. The quantitative estimate of drug-likeness (QED) is 0.288. The summed E-state index contributed by atoms with van der Waals surface area (Å²) in [5.41, 5.74) is 0.475. The summed E-state index contributed by atoms with van der Waals surface area (Å²) in [7, 11) is 2.95. The van der Waals surface area contributed by atoms with Crippen molar-refractivity contribution in [2.75, 3.05) is 14.2 Å². The molecule has 9 heteroatoms. The lowest BCUT2D eigenvalue weighted by atomic mass is 10.1. The molecule has 1 aromatic heterocycles. The van der Waals surface area contributed by atoms with E-state index in [0.29, 0.717) is 17.1 Å². The highest BCUT2D eigenvalue weighted by molar-refractivity contribution is 6.22. The molecule has 4 aromatic rings. The first-order valence-electron chi connectivity index (χ1n) is 11.3. The number of rotatable bonds is 6. The molecule has 0 N–H and O–H groups in total. The van der Waals surface area contributed by atoms with Crippen LogP contribution in [0.3, 0.4) is 0 Å². The predicted octanol–water partition coefficient (Wildman–Crippen LogP) is 4.07. The van der Waals surface area contributed by atoms with Gasteiger partial charge in [-0.05, 0) is 49.4 Å². The van der Waals surface area contributed by atoms with Gasteiger partial charge in [0.1, 0.15) is 11.6 Å². The molecule has 0 unspecified atom stereocenters. The first-order chi connectivity index (χ1) is 17.8. The lowest BCUT2D eigenvalue weighted by molar-refractivity contribution is -0.138. The molecule has 0 bridgehead atoms. The molecule has 5 rings (SSSR count). The fourth-order valence-corrected chi connectivity index (χ4v) is 4.24. The Morgan fingerprint density at radius 3 is 2.11 bits per heavy atom. The average molecular weight is 499 g/mol. The van der Waals surface area contributed by atoms with Crippen LogP contribution in [0.5, 0.6) is 17.2 Å². The molecule has 9 nitrogen and oxygen atoms in total. The van der Waals surface area contributed by atoms with Crippen molar-refractivity contribution in [3.63, 3.8) is 0 Å². The van der Waals surface area contributed by atoms with E-state index in [1.165, 1.54) is 33.3 Å². The number of hydrogen-bond donors (Lipinski definition) is 0. The molecule has 0 aliphatic carbocycles. The van der Waals surface area contributed by atoms with Gasteiger partial charge >= 0.3 is 5.97 Å². The highest BCUT2D eigenvalue weighted by Crippen LogP contribution is 2.37. The largest absolute Gasteiger partial charge is 0.493 e. The second-order valence-electron chi connectivity index (χ2n) is 8.28. The van der Waals surface area contributed by atoms with Crippen LogP contribution in [0.2, 0.25) is 0 Å². The summed E-state index contributed by atoms with van der Waals surface area (Å²) in [6.07, 6.45) is 0. The van der Waals surface area contributed by atoms with Gasteiger partial charge in [0.05, 0.1) is 30.7 Å². The zero-order valence-corrected chi connectivity index (χ0v) is 20.1. The number of carbonyl (C=O) groups excluding carboxylic acids is 3. The normalized spacial score (nSPS) is 13.4. The van der Waals surface area contributed by atoms with E-state index in [-0.39, 0.29) is 33.6 Å². The van der Waals surface area contributed by atoms with E-state index in [4.69, 9.17) is 18.6 Å². The van der Waals surface area contributed by atoms with Crippen LogP contribution in [-0.4, -0.2) is 42.9 Å². The van der Waals surface area contributed by atoms with Gasteiger partial charge in [0.25, 0.3) is 11.8 Å². The molecule has 37 heavy (non-hydrogen) atoms. The number of ether oxygens (including phenoxy) is 3. The maximum absolute atomic E-state index is 13.4. The van der Waals surface area contributed by atoms with Gasteiger partial charge in [-0.25, -0.2) is 4.79 Å². The number of esters is 1. The summed E-state index contributed by atoms with van der Waals surface area (Å²) in [6, 6.07) is 16.3. The molecule has 1 aliphatic heterocycles. The predicted molar refractivity (Wildman–Crippen MR) is 133 cm³/mol.